The lowest BCUT2D eigenvalue weighted by Gasteiger charge is -2.17. The van der Waals surface area contributed by atoms with Crippen molar-refractivity contribution in [3.05, 3.63) is 53.5 Å². The molecular weight excluding hydrogens is 254 g/mol. The maximum Gasteiger partial charge on any atom is 0.333 e. The zero-order valence-corrected chi connectivity index (χ0v) is 11.8. The number of hydrogen-bond donors (Lipinski definition) is 1. The fourth-order valence-corrected chi connectivity index (χ4v) is 1.98. The topological polar surface area (TPSA) is 64.1 Å². The molecule has 104 valence electrons. The number of hydrogen-bond acceptors (Lipinski definition) is 5. The molecule has 1 unspecified atom stereocenters. The highest BCUT2D eigenvalue weighted by Crippen LogP contribution is 2.20. The van der Waals surface area contributed by atoms with Crippen LogP contribution < -0.4 is 5.32 Å². The predicted molar refractivity (Wildman–Crippen MR) is 76.3 cm³/mol. The number of rotatable bonds is 4. The second-order valence-corrected chi connectivity index (χ2v) is 4.45. The molecule has 0 aliphatic rings. The van der Waals surface area contributed by atoms with Crippen molar-refractivity contribution in [3.63, 3.8) is 0 Å². The van der Waals surface area contributed by atoms with Gasteiger partial charge < -0.3 is 10.1 Å². The summed E-state index contributed by atoms with van der Waals surface area (Å²) in [7, 11) is 1.37. The number of aromatic nitrogens is 2. The van der Waals surface area contributed by atoms with Crippen LogP contribution in [-0.4, -0.2) is 23.0 Å². The van der Waals surface area contributed by atoms with Gasteiger partial charge in [-0.1, -0.05) is 30.3 Å². The molecule has 0 bridgehead atoms. The summed E-state index contributed by atoms with van der Waals surface area (Å²) >= 11 is 0. The Kier molecular flexibility index (Phi) is 4.30. The largest absolute Gasteiger partial charge is 0.467 e. The molecule has 1 aromatic carbocycles. The second kappa shape index (κ2) is 6.14. The van der Waals surface area contributed by atoms with Gasteiger partial charge in [-0.15, -0.1) is 0 Å². The lowest BCUT2D eigenvalue weighted by Crippen LogP contribution is -2.23. The van der Waals surface area contributed by atoms with Gasteiger partial charge in [0.15, 0.2) is 6.04 Å². The third-order valence-electron chi connectivity index (χ3n) is 2.83. The predicted octanol–water partition coefficient (Wildman–Crippen LogP) is 2.42. The van der Waals surface area contributed by atoms with E-state index in [1.807, 2.05) is 44.2 Å². The Morgan fingerprint density at radius 3 is 2.50 bits per heavy atom. The van der Waals surface area contributed by atoms with Crippen LogP contribution in [-0.2, 0) is 9.53 Å². The first-order valence-corrected chi connectivity index (χ1v) is 6.31. The van der Waals surface area contributed by atoms with Crippen molar-refractivity contribution in [2.45, 2.75) is 19.9 Å². The summed E-state index contributed by atoms with van der Waals surface area (Å²) in [4.78, 5) is 20.5. The molecule has 0 spiro atoms. The Balaban J connectivity index is 2.31. The van der Waals surface area contributed by atoms with Crippen LogP contribution in [0.3, 0.4) is 0 Å². The highest BCUT2D eigenvalue weighted by atomic mass is 16.5. The van der Waals surface area contributed by atoms with E-state index in [0.29, 0.717) is 11.6 Å². The molecule has 5 heteroatoms. The molecule has 0 amide bonds. The van der Waals surface area contributed by atoms with E-state index in [4.69, 9.17) is 4.74 Å². The number of esters is 1. The maximum absolute atomic E-state index is 12.0. The highest BCUT2D eigenvalue weighted by molar-refractivity contribution is 5.80. The van der Waals surface area contributed by atoms with Gasteiger partial charge in [-0.2, -0.15) is 0 Å². The third kappa shape index (κ3) is 3.32. The lowest BCUT2D eigenvalue weighted by atomic mass is 10.1. The molecule has 0 saturated heterocycles. The Labute approximate surface area is 118 Å². The number of nitrogens with one attached hydrogen (secondary N) is 1. The van der Waals surface area contributed by atoms with E-state index in [2.05, 4.69) is 15.3 Å². The van der Waals surface area contributed by atoms with Gasteiger partial charge in [0.05, 0.1) is 7.11 Å². The standard InChI is InChI=1S/C15H17N3O2/c1-10-9-13(17-11(2)16-10)18-14(15(19)20-3)12-7-5-4-6-8-12/h4-9,14H,1-3H3,(H,16,17,18). The highest BCUT2D eigenvalue weighted by Gasteiger charge is 2.21. The van der Waals surface area contributed by atoms with Crippen molar-refractivity contribution >= 4 is 11.8 Å². The van der Waals surface area contributed by atoms with Gasteiger partial charge in [-0.05, 0) is 19.4 Å². The van der Waals surface area contributed by atoms with Gasteiger partial charge in [0.25, 0.3) is 0 Å². The number of carbonyl (C=O) groups is 1. The number of ether oxygens (including phenoxy) is 1. The molecule has 0 aliphatic carbocycles. The lowest BCUT2D eigenvalue weighted by molar-refractivity contribution is -0.141. The number of carbonyl (C=O) groups excluding carboxylic acids is 1. The van der Waals surface area contributed by atoms with E-state index in [0.717, 1.165) is 11.3 Å². The molecule has 1 aromatic heterocycles. The van der Waals surface area contributed by atoms with Crippen molar-refractivity contribution in [1.82, 2.24) is 9.97 Å². The maximum atomic E-state index is 12.0. The van der Waals surface area contributed by atoms with Gasteiger partial charge >= 0.3 is 5.97 Å². The normalized spacial score (nSPS) is 11.8. The van der Waals surface area contributed by atoms with Gasteiger partial charge in [0.2, 0.25) is 0 Å². The van der Waals surface area contributed by atoms with E-state index in [1.165, 1.54) is 7.11 Å². The minimum absolute atomic E-state index is 0.356. The number of anilines is 1. The molecule has 5 nitrogen and oxygen atoms in total. The number of aryl methyl sites for hydroxylation is 2. The monoisotopic (exact) mass is 271 g/mol. The minimum Gasteiger partial charge on any atom is -0.467 e. The first-order chi connectivity index (χ1) is 9.60. The van der Waals surface area contributed by atoms with Crippen LogP contribution in [0.15, 0.2) is 36.4 Å². The third-order valence-corrected chi connectivity index (χ3v) is 2.83. The number of benzene rings is 1. The van der Waals surface area contributed by atoms with Crippen LogP contribution in [0.2, 0.25) is 0 Å². The first kappa shape index (κ1) is 14.0. The van der Waals surface area contributed by atoms with E-state index in [9.17, 15) is 4.79 Å². The summed E-state index contributed by atoms with van der Waals surface area (Å²) in [5, 5.41) is 3.10. The Hall–Kier alpha value is -2.43. The molecular formula is C15H17N3O2. The molecule has 20 heavy (non-hydrogen) atoms. The SMILES string of the molecule is COC(=O)C(Nc1cc(C)nc(C)n1)c1ccccc1. The second-order valence-electron chi connectivity index (χ2n) is 4.45. The summed E-state index contributed by atoms with van der Waals surface area (Å²) < 4.78 is 4.85. The van der Waals surface area contributed by atoms with Gasteiger partial charge in [-0.3, -0.25) is 0 Å². The molecule has 0 saturated carbocycles. The van der Waals surface area contributed by atoms with Crippen LogP contribution in [0.1, 0.15) is 23.1 Å². The molecule has 0 aliphatic heterocycles. The van der Waals surface area contributed by atoms with Crippen LogP contribution in [0, 0.1) is 13.8 Å². The molecule has 0 fully saturated rings. The van der Waals surface area contributed by atoms with E-state index >= 15 is 0 Å². The van der Waals surface area contributed by atoms with Crippen molar-refractivity contribution in [2.24, 2.45) is 0 Å². The number of nitrogens with zero attached hydrogens (tertiary/aromatic N) is 2. The van der Waals surface area contributed by atoms with E-state index in [-0.39, 0.29) is 5.97 Å². The van der Waals surface area contributed by atoms with Crippen molar-refractivity contribution in [3.8, 4) is 0 Å². The Morgan fingerprint density at radius 1 is 1.20 bits per heavy atom. The average Bonchev–Trinajstić information content (AvgIpc) is 2.44. The van der Waals surface area contributed by atoms with Crippen molar-refractivity contribution in [1.29, 1.82) is 0 Å². The van der Waals surface area contributed by atoms with Gasteiger partial charge in [-0.25, -0.2) is 14.8 Å². The molecule has 2 aromatic rings. The molecule has 1 heterocycles. The number of methoxy groups -OCH3 is 1. The zero-order chi connectivity index (χ0) is 14.5. The Morgan fingerprint density at radius 2 is 1.90 bits per heavy atom. The average molecular weight is 271 g/mol. The molecule has 1 N–H and O–H groups in total. The Bertz CT molecular complexity index is 579. The molecule has 1 atom stereocenters. The zero-order valence-electron chi connectivity index (χ0n) is 11.8. The fraction of sp³-hybridized carbons (Fsp3) is 0.267. The summed E-state index contributed by atoms with van der Waals surface area (Å²) in [5.41, 5.74) is 1.67. The first-order valence-electron chi connectivity index (χ1n) is 6.31. The van der Waals surface area contributed by atoms with Crippen LogP contribution in [0.4, 0.5) is 5.82 Å². The van der Waals surface area contributed by atoms with Crippen LogP contribution in [0.5, 0.6) is 0 Å². The van der Waals surface area contributed by atoms with E-state index in [1.54, 1.807) is 6.07 Å². The summed E-state index contributed by atoms with van der Waals surface area (Å²) in [6.07, 6.45) is 0. The van der Waals surface area contributed by atoms with E-state index < -0.39 is 6.04 Å². The van der Waals surface area contributed by atoms with Crippen molar-refractivity contribution in [2.75, 3.05) is 12.4 Å². The van der Waals surface area contributed by atoms with Gasteiger partial charge in [0, 0.05) is 11.8 Å². The summed E-state index contributed by atoms with van der Waals surface area (Å²) in [6, 6.07) is 10.6. The summed E-state index contributed by atoms with van der Waals surface area (Å²) in [5.74, 6) is 0.906. The smallest absolute Gasteiger partial charge is 0.333 e. The van der Waals surface area contributed by atoms with Gasteiger partial charge in [0.1, 0.15) is 11.6 Å². The van der Waals surface area contributed by atoms with Crippen LogP contribution >= 0.6 is 0 Å². The fourth-order valence-electron chi connectivity index (χ4n) is 1.98. The van der Waals surface area contributed by atoms with Crippen molar-refractivity contribution < 1.29 is 9.53 Å². The van der Waals surface area contributed by atoms with Crippen LogP contribution in [0.25, 0.3) is 0 Å². The summed E-state index contributed by atoms with van der Waals surface area (Å²) in [6.45, 7) is 3.70. The minimum atomic E-state index is -0.588. The quantitative estimate of drug-likeness (QED) is 0.865. The molecule has 0 radical (unpaired) electrons. The molecule has 2 rings (SSSR count).